The zero-order valence-electron chi connectivity index (χ0n) is 29.8. The second-order valence-electron chi connectivity index (χ2n) is 13.3. The number of aromatic hydroxyl groups is 2. The average Bonchev–Trinajstić information content (AvgIpc) is 3.16. The predicted molar refractivity (Wildman–Crippen MR) is 192 cm³/mol. The van der Waals surface area contributed by atoms with Crippen LogP contribution in [0.5, 0.6) is 23.0 Å². The van der Waals surface area contributed by atoms with Gasteiger partial charge >= 0.3 is 24.1 Å². The lowest BCUT2D eigenvalue weighted by molar-refractivity contribution is -0.142. The third-order valence-electron chi connectivity index (χ3n) is 9.25. The van der Waals surface area contributed by atoms with Crippen molar-refractivity contribution in [2.24, 2.45) is 11.8 Å². The van der Waals surface area contributed by atoms with Crippen molar-refractivity contribution in [1.82, 2.24) is 10.6 Å². The van der Waals surface area contributed by atoms with Gasteiger partial charge in [-0.1, -0.05) is 13.2 Å². The average molecular weight is 739 g/mol. The number of rotatable bonds is 18. The van der Waals surface area contributed by atoms with Crippen LogP contribution in [0.1, 0.15) is 57.8 Å². The lowest BCUT2D eigenvalue weighted by atomic mass is 9.76. The highest BCUT2D eigenvalue weighted by molar-refractivity contribution is 5.81. The van der Waals surface area contributed by atoms with E-state index in [4.69, 9.17) is 28.4 Å². The van der Waals surface area contributed by atoms with Crippen LogP contribution < -0.4 is 20.1 Å². The van der Waals surface area contributed by atoms with Crippen LogP contribution in [-0.2, 0) is 28.5 Å². The minimum atomic E-state index is -0.857. The minimum absolute atomic E-state index is 0.0327. The van der Waals surface area contributed by atoms with Crippen molar-refractivity contribution in [3.8, 4) is 23.0 Å². The van der Waals surface area contributed by atoms with Gasteiger partial charge in [0, 0.05) is 24.2 Å². The van der Waals surface area contributed by atoms with Gasteiger partial charge in [-0.25, -0.2) is 19.2 Å². The second kappa shape index (κ2) is 21.2. The molecule has 0 heterocycles. The molecule has 0 aliphatic heterocycles. The molecule has 2 saturated carbocycles. The van der Waals surface area contributed by atoms with Gasteiger partial charge in [-0.3, -0.25) is 0 Å². The number of nitrogens with one attached hydrogen (secondary N) is 2. The Morgan fingerprint density at radius 1 is 0.604 bits per heavy atom. The van der Waals surface area contributed by atoms with E-state index in [1.165, 1.54) is 24.3 Å². The highest BCUT2D eigenvalue weighted by atomic mass is 16.6. The van der Waals surface area contributed by atoms with E-state index < -0.39 is 36.3 Å². The Bertz CT molecular complexity index is 1370. The Balaban J connectivity index is 1.13. The molecule has 0 spiro atoms. The van der Waals surface area contributed by atoms with Crippen molar-refractivity contribution in [1.29, 1.82) is 0 Å². The predicted octanol–water partition coefficient (Wildman–Crippen LogP) is 5.71. The number of ether oxygens (including phenoxy) is 6. The Morgan fingerprint density at radius 2 is 0.962 bits per heavy atom. The summed E-state index contributed by atoms with van der Waals surface area (Å²) in [5.74, 6) is 0.903. The molecule has 0 aromatic heterocycles. The number of hydrogen-bond acceptors (Lipinski definition) is 12. The largest absolute Gasteiger partial charge is 0.508 e. The maximum Gasteiger partial charge on any atom is 0.407 e. The Hall–Kier alpha value is -5.40. The molecule has 2 atom stereocenters. The van der Waals surface area contributed by atoms with Crippen LogP contribution in [0.4, 0.5) is 9.59 Å². The number of alkyl carbamates (subject to hydrolysis) is 2. The number of esters is 2. The molecule has 0 radical (unpaired) electrons. The van der Waals surface area contributed by atoms with Gasteiger partial charge in [0.2, 0.25) is 0 Å². The molecule has 2 aliphatic carbocycles. The summed E-state index contributed by atoms with van der Waals surface area (Å²) in [6, 6.07) is 12.1. The topological polar surface area (TPSA) is 188 Å². The number of carbonyl (C=O) groups excluding carboxylic acids is 4. The number of carbonyl (C=O) groups is 4. The highest BCUT2D eigenvalue weighted by Gasteiger charge is 2.30. The van der Waals surface area contributed by atoms with Crippen molar-refractivity contribution in [2.75, 3.05) is 26.4 Å². The third kappa shape index (κ3) is 15.0. The fraction of sp³-hybridized carbons (Fsp3) is 0.487. The molecule has 2 fully saturated rings. The molecule has 14 heteroatoms. The van der Waals surface area contributed by atoms with Gasteiger partial charge in [0.25, 0.3) is 0 Å². The van der Waals surface area contributed by atoms with Crippen LogP contribution >= 0.6 is 0 Å². The van der Waals surface area contributed by atoms with Gasteiger partial charge in [-0.05, 0) is 118 Å². The molecular formula is C39H50N2O12. The molecule has 288 valence electrons. The van der Waals surface area contributed by atoms with E-state index in [1.807, 2.05) is 0 Å². The molecular weight excluding hydrogens is 688 g/mol. The van der Waals surface area contributed by atoms with Crippen LogP contribution in [0.15, 0.2) is 73.8 Å². The summed E-state index contributed by atoms with van der Waals surface area (Å²) in [5, 5.41) is 24.8. The normalized spacial score (nSPS) is 20.7. The fourth-order valence-electron chi connectivity index (χ4n) is 6.42. The van der Waals surface area contributed by atoms with Gasteiger partial charge in [0.1, 0.15) is 49.4 Å². The SMILES string of the molecule is C=CC(=O)OCC(COc1ccc(O)cc1)OC(=O)NC1CCC(CC2CCC(NC(=O)OC(COC(=O)C=C)COc3ccc(O)cc3)CC2)CC1. The first-order valence-corrected chi connectivity index (χ1v) is 17.9. The monoisotopic (exact) mass is 738 g/mol. The molecule has 2 aliphatic rings. The summed E-state index contributed by atoms with van der Waals surface area (Å²) in [6.45, 7) is 6.24. The maximum absolute atomic E-state index is 12.8. The van der Waals surface area contributed by atoms with Crippen LogP contribution in [-0.4, -0.2) is 85.1 Å². The molecule has 14 nitrogen and oxygen atoms in total. The van der Waals surface area contributed by atoms with Crippen molar-refractivity contribution in [3.05, 3.63) is 73.8 Å². The Labute approximate surface area is 309 Å². The standard InChI is InChI=1S/C39H50N2O12/c1-3-36(44)50-24-34(22-48-32-17-13-30(42)14-18-32)52-38(46)40-28-9-5-26(6-10-28)21-27-7-11-29(12-8-27)41-39(47)53-35(25-51-37(45)4-2)23-49-33-19-15-31(43)16-20-33/h3-4,13-20,26-29,34-35,42-43H,1-2,5-12,21-25H2,(H,40,46)(H,41,47). The van der Waals surface area contributed by atoms with Crippen LogP contribution in [0.2, 0.25) is 0 Å². The molecule has 53 heavy (non-hydrogen) atoms. The van der Waals surface area contributed by atoms with Gasteiger partial charge < -0.3 is 49.3 Å². The van der Waals surface area contributed by atoms with Crippen LogP contribution in [0.3, 0.4) is 0 Å². The second-order valence-corrected chi connectivity index (χ2v) is 13.3. The zero-order valence-corrected chi connectivity index (χ0v) is 29.8. The Morgan fingerprint density at radius 3 is 1.30 bits per heavy atom. The third-order valence-corrected chi connectivity index (χ3v) is 9.25. The van der Waals surface area contributed by atoms with E-state index in [1.54, 1.807) is 24.3 Å². The number of benzene rings is 2. The van der Waals surface area contributed by atoms with Crippen molar-refractivity contribution in [2.45, 2.75) is 82.1 Å². The minimum Gasteiger partial charge on any atom is -0.508 e. The highest BCUT2D eigenvalue weighted by Crippen LogP contribution is 2.35. The summed E-state index contributed by atoms with van der Waals surface area (Å²) in [4.78, 5) is 48.7. The molecule has 4 rings (SSSR count). The van der Waals surface area contributed by atoms with E-state index in [-0.39, 0.29) is 50.0 Å². The summed E-state index contributed by atoms with van der Waals surface area (Å²) < 4.78 is 32.6. The van der Waals surface area contributed by atoms with Crippen LogP contribution in [0, 0.1) is 11.8 Å². The first-order valence-electron chi connectivity index (χ1n) is 17.9. The first-order chi connectivity index (χ1) is 25.6. The van der Waals surface area contributed by atoms with Crippen LogP contribution in [0.25, 0.3) is 0 Å². The molecule has 0 bridgehead atoms. The van der Waals surface area contributed by atoms with Gasteiger partial charge in [0.15, 0.2) is 12.2 Å². The molecule has 2 unspecified atom stereocenters. The number of phenolic OH excluding ortho intramolecular Hbond substituents is 2. The van der Waals surface area contributed by atoms with Gasteiger partial charge in [-0.15, -0.1) is 0 Å². The maximum atomic E-state index is 12.8. The van der Waals surface area contributed by atoms with Crippen molar-refractivity contribution >= 4 is 24.1 Å². The summed E-state index contributed by atoms with van der Waals surface area (Å²) in [7, 11) is 0. The van der Waals surface area contributed by atoms with E-state index in [9.17, 15) is 29.4 Å². The molecule has 2 amide bonds. The quantitative estimate of drug-likeness (QED) is 0.0830. The fourth-order valence-corrected chi connectivity index (χ4v) is 6.42. The van der Waals surface area contributed by atoms with E-state index >= 15 is 0 Å². The summed E-state index contributed by atoms with van der Waals surface area (Å²) in [6.07, 6.45) is 7.40. The summed E-state index contributed by atoms with van der Waals surface area (Å²) in [5.41, 5.74) is 0. The first kappa shape index (κ1) is 40.4. The van der Waals surface area contributed by atoms with E-state index in [2.05, 4.69) is 23.8 Å². The number of hydrogen-bond donors (Lipinski definition) is 4. The Kier molecular flexibility index (Phi) is 16.2. The number of amides is 2. The molecule has 0 saturated heterocycles. The lowest BCUT2D eigenvalue weighted by Gasteiger charge is -2.34. The van der Waals surface area contributed by atoms with Crippen molar-refractivity contribution < 1.29 is 57.8 Å². The van der Waals surface area contributed by atoms with Gasteiger partial charge in [-0.2, -0.15) is 0 Å². The number of phenols is 2. The van der Waals surface area contributed by atoms with Crippen molar-refractivity contribution in [3.63, 3.8) is 0 Å². The zero-order chi connectivity index (χ0) is 38.0. The molecule has 4 N–H and O–H groups in total. The molecule has 2 aromatic carbocycles. The lowest BCUT2D eigenvalue weighted by Crippen LogP contribution is -2.42. The smallest absolute Gasteiger partial charge is 0.407 e. The summed E-state index contributed by atoms with van der Waals surface area (Å²) >= 11 is 0. The van der Waals surface area contributed by atoms with E-state index in [0.717, 1.165) is 69.9 Å². The van der Waals surface area contributed by atoms with E-state index in [0.29, 0.717) is 23.3 Å². The van der Waals surface area contributed by atoms with Gasteiger partial charge in [0.05, 0.1) is 0 Å². The molecule has 2 aromatic rings.